The lowest BCUT2D eigenvalue weighted by atomic mass is 10.3. The summed E-state index contributed by atoms with van der Waals surface area (Å²) < 4.78 is 28.0. The van der Waals surface area contributed by atoms with Gasteiger partial charge in [-0.15, -0.1) is 0 Å². The molecule has 1 aromatic rings. The third kappa shape index (κ3) is 4.49. The van der Waals surface area contributed by atoms with E-state index in [1.54, 1.807) is 0 Å². The Labute approximate surface area is 111 Å². The van der Waals surface area contributed by atoms with Gasteiger partial charge in [0.05, 0.1) is 16.5 Å². The van der Waals surface area contributed by atoms with Gasteiger partial charge in [0, 0.05) is 0 Å². The summed E-state index contributed by atoms with van der Waals surface area (Å²) in [6, 6.07) is 4.10. The molecule has 98 valence electrons. The zero-order valence-corrected chi connectivity index (χ0v) is 11.3. The van der Waals surface area contributed by atoms with Crippen molar-refractivity contribution in [2.24, 2.45) is 4.99 Å². The summed E-state index contributed by atoms with van der Waals surface area (Å²) in [6.07, 6.45) is 2.64. The van der Waals surface area contributed by atoms with Gasteiger partial charge in [-0.25, -0.2) is 4.79 Å². The van der Waals surface area contributed by atoms with Crippen LogP contribution < -0.4 is 4.18 Å². The highest BCUT2D eigenvalue weighted by molar-refractivity contribution is 7.87. The molecule has 0 spiro atoms. The lowest BCUT2D eigenvalue weighted by Crippen LogP contribution is -2.13. The molecule has 0 unspecified atom stereocenters. The van der Waals surface area contributed by atoms with Crippen LogP contribution >= 0.6 is 11.6 Å². The fraction of sp³-hybridized carbons (Fsp3) is 0.364. The van der Waals surface area contributed by atoms with Crippen molar-refractivity contribution in [1.82, 2.24) is 0 Å². The molecule has 7 heteroatoms. The van der Waals surface area contributed by atoms with Crippen molar-refractivity contribution in [2.75, 3.05) is 5.75 Å². The van der Waals surface area contributed by atoms with Gasteiger partial charge >= 0.3 is 10.1 Å². The quantitative estimate of drug-likeness (QED) is 0.458. The molecule has 5 nitrogen and oxygen atoms in total. The summed E-state index contributed by atoms with van der Waals surface area (Å²) in [5, 5.41) is 0.0755. The number of nitrogens with zero attached hydrogens (tertiary/aromatic N) is 1. The van der Waals surface area contributed by atoms with Gasteiger partial charge in [0.15, 0.2) is 5.75 Å². The molecule has 0 amide bonds. The molecule has 0 fully saturated rings. The van der Waals surface area contributed by atoms with Crippen molar-refractivity contribution in [1.29, 1.82) is 0 Å². The van der Waals surface area contributed by atoms with E-state index in [9.17, 15) is 13.2 Å². The van der Waals surface area contributed by atoms with Crippen molar-refractivity contribution in [2.45, 2.75) is 19.8 Å². The Bertz CT molecular complexity index is 564. The van der Waals surface area contributed by atoms with Crippen LogP contribution in [0.4, 0.5) is 5.69 Å². The standard InChI is InChI=1S/C11H12ClNO4S/c1-2-3-6-18(15,16)17-11-5-4-9(13-8-14)7-10(11)12/h4-5,7H,2-3,6H2,1H3. The van der Waals surface area contributed by atoms with Crippen LogP contribution in [0.2, 0.25) is 5.02 Å². The van der Waals surface area contributed by atoms with E-state index in [4.69, 9.17) is 15.8 Å². The van der Waals surface area contributed by atoms with E-state index in [1.807, 2.05) is 6.92 Å². The first-order valence-corrected chi connectivity index (χ1v) is 7.23. The van der Waals surface area contributed by atoms with Crippen LogP contribution in [-0.2, 0) is 14.9 Å². The van der Waals surface area contributed by atoms with E-state index >= 15 is 0 Å². The minimum atomic E-state index is -3.64. The van der Waals surface area contributed by atoms with Crippen LogP contribution in [-0.4, -0.2) is 20.3 Å². The van der Waals surface area contributed by atoms with Gasteiger partial charge in [-0.3, -0.25) is 0 Å². The minimum Gasteiger partial charge on any atom is -0.381 e. The predicted octanol–water partition coefficient (Wildman–Crippen LogP) is 2.82. The fourth-order valence-electron chi connectivity index (χ4n) is 1.18. The van der Waals surface area contributed by atoms with Gasteiger partial charge in [0.25, 0.3) is 0 Å². The Hall–Kier alpha value is -1.36. The molecule has 0 bridgehead atoms. The molecule has 0 saturated carbocycles. The zero-order chi connectivity index (χ0) is 13.6. The fourth-order valence-corrected chi connectivity index (χ4v) is 2.58. The van der Waals surface area contributed by atoms with Crippen molar-refractivity contribution in [3.05, 3.63) is 23.2 Å². The monoisotopic (exact) mass is 289 g/mol. The lowest BCUT2D eigenvalue weighted by Gasteiger charge is -2.08. The second-order valence-corrected chi connectivity index (χ2v) is 5.61. The molecule has 0 aliphatic rings. The highest BCUT2D eigenvalue weighted by Gasteiger charge is 2.14. The molecule has 0 atom stereocenters. The topological polar surface area (TPSA) is 72.8 Å². The summed E-state index contributed by atoms with van der Waals surface area (Å²) in [5.41, 5.74) is 0.285. The summed E-state index contributed by atoms with van der Waals surface area (Å²) in [7, 11) is -3.64. The largest absolute Gasteiger partial charge is 0.381 e. The SMILES string of the molecule is CCCCS(=O)(=O)Oc1ccc(N=C=O)cc1Cl. The van der Waals surface area contributed by atoms with Crippen LogP contribution in [0.25, 0.3) is 0 Å². The number of unbranched alkanes of at least 4 members (excludes halogenated alkanes) is 1. The molecule has 0 N–H and O–H groups in total. The molecule has 0 saturated heterocycles. The number of benzene rings is 1. The summed E-state index contributed by atoms with van der Waals surface area (Å²) in [4.78, 5) is 13.4. The van der Waals surface area contributed by atoms with Gasteiger partial charge in [0.2, 0.25) is 6.08 Å². The maximum Gasteiger partial charge on any atom is 0.309 e. The van der Waals surface area contributed by atoms with Gasteiger partial charge in [-0.2, -0.15) is 13.4 Å². The van der Waals surface area contributed by atoms with Crippen LogP contribution in [0.1, 0.15) is 19.8 Å². The minimum absolute atomic E-state index is 0.0256. The van der Waals surface area contributed by atoms with Gasteiger partial charge < -0.3 is 4.18 Å². The lowest BCUT2D eigenvalue weighted by molar-refractivity contribution is 0.484. The van der Waals surface area contributed by atoms with Crippen LogP contribution in [0.15, 0.2) is 23.2 Å². The van der Waals surface area contributed by atoms with E-state index in [2.05, 4.69) is 4.99 Å². The Morgan fingerprint density at radius 1 is 1.44 bits per heavy atom. The highest BCUT2D eigenvalue weighted by Crippen LogP contribution is 2.29. The third-order valence-electron chi connectivity index (χ3n) is 2.05. The van der Waals surface area contributed by atoms with Crippen molar-refractivity contribution >= 4 is 33.5 Å². The van der Waals surface area contributed by atoms with E-state index in [0.717, 1.165) is 6.42 Å². The van der Waals surface area contributed by atoms with E-state index in [1.165, 1.54) is 24.3 Å². The van der Waals surface area contributed by atoms with Crippen molar-refractivity contribution in [3.63, 3.8) is 0 Å². The Morgan fingerprint density at radius 2 is 2.17 bits per heavy atom. The average molecular weight is 290 g/mol. The van der Waals surface area contributed by atoms with E-state index in [0.29, 0.717) is 6.42 Å². The molecule has 0 aromatic heterocycles. The molecular formula is C11H12ClNO4S. The Morgan fingerprint density at radius 3 is 2.72 bits per heavy atom. The first-order valence-electron chi connectivity index (χ1n) is 5.28. The van der Waals surface area contributed by atoms with Gasteiger partial charge in [0.1, 0.15) is 0 Å². The second kappa shape index (κ2) is 6.54. The smallest absolute Gasteiger partial charge is 0.309 e. The summed E-state index contributed by atoms with van der Waals surface area (Å²) >= 11 is 5.83. The van der Waals surface area contributed by atoms with Gasteiger partial charge in [-0.1, -0.05) is 24.9 Å². The number of isocyanates is 1. The second-order valence-electron chi connectivity index (χ2n) is 3.52. The maximum absolute atomic E-state index is 11.6. The summed E-state index contributed by atoms with van der Waals surface area (Å²) in [6.45, 7) is 1.88. The Balaban J connectivity index is 2.88. The normalized spacial score (nSPS) is 10.8. The number of rotatable bonds is 6. The molecule has 18 heavy (non-hydrogen) atoms. The highest BCUT2D eigenvalue weighted by atomic mass is 35.5. The molecule has 1 aromatic carbocycles. The van der Waals surface area contributed by atoms with Crippen LogP contribution in [0.3, 0.4) is 0 Å². The molecule has 0 aliphatic carbocycles. The zero-order valence-electron chi connectivity index (χ0n) is 9.72. The number of hydrogen-bond acceptors (Lipinski definition) is 5. The first kappa shape index (κ1) is 14.7. The number of aliphatic imine (C=N–C) groups is 1. The molecule has 0 aliphatic heterocycles. The summed E-state index contributed by atoms with van der Waals surface area (Å²) in [5.74, 6) is -0.0359. The number of hydrogen-bond donors (Lipinski definition) is 0. The van der Waals surface area contributed by atoms with Crippen LogP contribution in [0.5, 0.6) is 5.75 Å². The van der Waals surface area contributed by atoms with E-state index in [-0.39, 0.29) is 22.2 Å². The number of carbonyl (C=O) groups excluding carboxylic acids is 1. The predicted molar refractivity (Wildman–Crippen MR) is 68.6 cm³/mol. The molecule has 0 heterocycles. The van der Waals surface area contributed by atoms with E-state index < -0.39 is 10.1 Å². The third-order valence-corrected chi connectivity index (χ3v) is 3.57. The Kier molecular flexibility index (Phi) is 5.34. The van der Waals surface area contributed by atoms with Crippen molar-refractivity contribution in [3.8, 4) is 5.75 Å². The molecular weight excluding hydrogens is 278 g/mol. The van der Waals surface area contributed by atoms with Crippen LogP contribution in [0, 0.1) is 0 Å². The molecule has 1 rings (SSSR count). The first-order chi connectivity index (χ1) is 8.48. The molecule has 0 radical (unpaired) electrons. The maximum atomic E-state index is 11.6. The average Bonchev–Trinajstić information content (AvgIpc) is 2.30. The van der Waals surface area contributed by atoms with Crippen molar-refractivity contribution < 1.29 is 17.4 Å². The van der Waals surface area contributed by atoms with Gasteiger partial charge in [-0.05, 0) is 24.6 Å². The number of halogens is 1.